The van der Waals surface area contributed by atoms with Gasteiger partial charge in [-0.05, 0) is 55.2 Å². The molecule has 0 aliphatic heterocycles. The molecule has 1 aromatic heterocycles. The number of hydrogen-bond donors (Lipinski definition) is 1. The van der Waals surface area contributed by atoms with Crippen LogP contribution in [0.15, 0.2) is 53.4 Å². The highest BCUT2D eigenvalue weighted by molar-refractivity contribution is 7.89. The lowest BCUT2D eigenvalue weighted by molar-refractivity contribution is 0.0516. The van der Waals surface area contributed by atoms with Crippen LogP contribution in [0.3, 0.4) is 0 Å². The first kappa shape index (κ1) is 25.7. The van der Waals surface area contributed by atoms with Gasteiger partial charge < -0.3 is 9.30 Å². The Kier molecular flexibility index (Phi) is 8.08. The van der Waals surface area contributed by atoms with Crippen molar-refractivity contribution in [1.29, 1.82) is 10.5 Å². The first-order chi connectivity index (χ1) is 16.8. The van der Waals surface area contributed by atoms with E-state index in [4.69, 9.17) is 10.00 Å². The highest BCUT2D eigenvalue weighted by atomic mass is 32.2. The average molecular weight is 491 g/mol. The van der Waals surface area contributed by atoms with Gasteiger partial charge in [-0.2, -0.15) is 10.5 Å². The topological polar surface area (TPSA) is 125 Å². The second-order valence-corrected chi connectivity index (χ2v) is 9.54. The summed E-state index contributed by atoms with van der Waals surface area (Å²) in [5.41, 5.74) is 4.06. The van der Waals surface area contributed by atoms with Crippen LogP contribution >= 0.6 is 0 Å². The number of rotatable bonds is 9. The van der Waals surface area contributed by atoms with Gasteiger partial charge in [0.1, 0.15) is 11.8 Å². The molecule has 35 heavy (non-hydrogen) atoms. The van der Waals surface area contributed by atoms with Crippen LogP contribution in [-0.2, 0) is 34.6 Å². The molecule has 180 valence electrons. The quantitative estimate of drug-likeness (QED) is 0.456. The number of ether oxygens (including phenoxy) is 1. The first-order valence-corrected chi connectivity index (χ1v) is 12.6. The molecule has 0 fully saturated rings. The van der Waals surface area contributed by atoms with Crippen LogP contribution in [0.1, 0.15) is 46.7 Å². The smallest absolute Gasteiger partial charge is 0.355 e. The van der Waals surface area contributed by atoms with Gasteiger partial charge in [0.25, 0.3) is 0 Å². The number of carbonyl (C=O) groups is 1. The largest absolute Gasteiger partial charge is 0.461 e. The van der Waals surface area contributed by atoms with Crippen molar-refractivity contribution >= 4 is 16.0 Å². The van der Waals surface area contributed by atoms with Gasteiger partial charge in [0.2, 0.25) is 10.0 Å². The third-order valence-corrected chi connectivity index (χ3v) is 7.15. The second-order valence-electron chi connectivity index (χ2n) is 7.77. The Morgan fingerprint density at radius 2 is 1.69 bits per heavy atom. The zero-order valence-corrected chi connectivity index (χ0v) is 20.6. The van der Waals surface area contributed by atoms with Crippen molar-refractivity contribution in [2.45, 2.75) is 31.6 Å². The summed E-state index contributed by atoms with van der Waals surface area (Å²) >= 11 is 0. The van der Waals surface area contributed by atoms with E-state index in [9.17, 15) is 18.5 Å². The number of nitrogens with zero attached hydrogens (tertiary/aromatic N) is 3. The SMILES string of the molecule is CCOC(=O)c1c(-c2ccc(CCNS(=O)(=O)c3ccc(C#N)cc3)cc2)c(C#N)c(CC)n1C. The van der Waals surface area contributed by atoms with Crippen molar-refractivity contribution < 1.29 is 17.9 Å². The molecule has 0 saturated carbocycles. The first-order valence-electron chi connectivity index (χ1n) is 11.1. The fourth-order valence-corrected chi connectivity index (χ4v) is 4.98. The van der Waals surface area contributed by atoms with E-state index in [1.807, 2.05) is 37.3 Å². The van der Waals surface area contributed by atoms with E-state index in [-0.39, 0.29) is 18.0 Å². The summed E-state index contributed by atoms with van der Waals surface area (Å²) in [5.74, 6) is -0.484. The number of nitriles is 2. The monoisotopic (exact) mass is 490 g/mol. The lowest BCUT2D eigenvalue weighted by Gasteiger charge is -2.09. The summed E-state index contributed by atoms with van der Waals surface area (Å²) in [6, 6.07) is 17.2. The molecule has 0 saturated heterocycles. The molecule has 8 nitrogen and oxygen atoms in total. The molecule has 1 heterocycles. The maximum absolute atomic E-state index is 12.7. The van der Waals surface area contributed by atoms with Gasteiger partial charge in [-0.15, -0.1) is 0 Å². The lowest BCUT2D eigenvalue weighted by atomic mass is 9.98. The van der Waals surface area contributed by atoms with Crippen LogP contribution in [0.4, 0.5) is 0 Å². The number of nitrogens with one attached hydrogen (secondary N) is 1. The van der Waals surface area contributed by atoms with E-state index in [1.54, 1.807) is 18.5 Å². The normalized spacial score (nSPS) is 11.0. The zero-order chi connectivity index (χ0) is 25.6. The minimum atomic E-state index is -3.69. The van der Waals surface area contributed by atoms with E-state index < -0.39 is 16.0 Å². The summed E-state index contributed by atoms with van der Waals surface area (Å²) in [4.78, 5) is 12.8. The molecule has 0 amide bonds. The van der Waals surface area contributed by atoms with Crippen molar-refractivity contribution in [2.75, 3.05) is 13.2 Å². The molecule has 3 aromatic rings. The number of benzene rings is 2. The van der Waals surface area contributed by atoms with Crippen molar-refractivity contribution in [3.63, 3.8) is 0 Å². The third kappa shape index (κ3) is 5.43. The fraction of sp³-hybridized carbons (Fsp3) is 0.269. The minimum absolute atomic E-state index is 0.0955. The Hall–Kier alpha value is -3.92. The molecule has 1 N–H and O–H groups in total. The number of sulfonamides is 1. The predicted molar refractivity (Wildman–Crippen MR) is 131 cm³/mol. The molecule has 0 atom stereocenters. The van der Waals surface area contributed by atoms with E-state index in [1.165, 1.54) is 24.3 Å². The summed E-state index contributed by atoms with van der Waals surface area (Å²) in [7, 11) is -1.94. The highest BCUT2D eigenvalue weighted by Crippen LogP contribution is 2.33. The average Bonchev–Trinajstić information content (AvgIpc) is 3.15. The molecular weight excluding hydrogens is 464 g/mol. The molecule has 0 radical (unpaired) electrons. The highest BCUT2D eigenvalue weighted by Gasteiger charge is 2.26. The van der Waals surface area contributed by atoms with Crippen LogP contribution in [0, 0.1) is 22.7 Å². The molecule has 0 aliphatic rings. The van der Waals surface area contributed by atoms with Crippen molar-refractivity contribution in [3.8, 4) is 23.3 Å². The Morgan fingerprint density at radius 3 is 2.23 bits per heavy atom. The fourth-order valence-electron chi connectivity index (χ4n) is 3.95. The Balaban J connectivity index is 1.80. The van der Waals surface area contributed by atoms with E-state index in [2.05, 4.69) is 10.8 Å². The Bertz CT molecular complexity index is 1410. The van der Waals surface area contributed by atoms with E-state index in [0.29, 0.717) is 40.8 Å². The van der Waals surface area contributed by atoms with Crippen LogP contribution in [0.25, 0.3) is 11.1 Å². The number of carbonyl (C=O) groups excluding carboxylic acids is 1. The van der Waals surface area contributed by atoms with E-state index >= 15 is 0 Å². The van der Waals surface area contributed by atoms with Crippen molar-refractivity contribution in [1.82, 2.24) is 9.29 Å². The summed E-state index contributed by atoms with van der Waals surface area (Å²) < 4.78 is 34.5. The lowest BCUT2D eigenvalue weighted by Crippen LogP contribution is -2.26. The number of hydrogen-bond acceptors (Lipinski definition) is 6. The van der Waals surface area contributed by atoms with Gasteiger partial charge >= 0.3 is 5.97 Å². The number of esters is 1. The van der Waals surface area contributed by atoms with Gasteiger partial charge in [-0.25, -0.2) is 17.9 Å². The molecule has 2 aromatic carbocycles. The summed E-state index contributed by atoms with van der Waals surface area (Å²) in [6.07, 6.45) is 1.03. The Morgan fingerprint density at radius 1 is 1.03 bits per heavy atom. The Labute approximate surface area is 205 Å². The van der Waals surface area contributed by atoms with Gasteiger partial charge in [0.15, 0.2) is 0 Å². The third-order valence-electron chi connectivity index (χ3n) is 5.67. The molecule has 0 unspecified atom stereocenters. The van der Waals surface area contributed by atoms with Crippen LogP contribution in [0.5, 0.6) is 0 Å². The molecule has 3 rings (SSSR count). The molecule has 9 heteroatoms. The molecule has 0 spiro atoms. The minimum Gasteiger partial charge on any atom is -0.461 e. The van der Waals surface area contributed by atoms with Gasteiger partial charge in [0.05, 0.1) is 28.7 Å². The van der Waals surface area contributed by atoms with Gasteiger partial charge in [0, 0.05) is 24.8 Å². The summed E-state index contributed by atoms with van der Waals surface area (Å²) in [5, 5.41) is 18.7. The predicted octanol–water partition coefficient (Wildman–Crippen LogP) is 3.70. The van der Waals surface area contributed by atoms with Gasteiger partial charge in [-0.1, -0.05) is 31.2 Å². The maximum atomic E-state index is 12.7. The van der Waals surface area contributed by atoms with E-state index in [0.717, 1.165) is 11.3 Å². The van der Waals surface area contributed by atoms with Crippen LogP contribution < -0.4 is 4.72 Å². The molecule has 0 bridgehead atoms. The van der Waals surface area contributed by atoms with Crippen molar-refractivity contribution in [2.24, 2.45) is 7.05 Å². The molecular formula is C26H26N4O4S. The number of aromatic nitrogens is 1. The van der Waals surface area contributed by atoms with Crippen molar-refractivity contribution in [3.05, 3.63) is 76.6 Å². The second kappa shape index (κ2) is 11.0. The van der Waals surface area contributed by atoms with Crippen LogP contribution in [-0.4, -0.2) is 32.1 Å². The van der Waals surface area contributed by atoms with Crippen LogP contribution in [0.2, 0.25) is 0 Å². The maximum Gasteiger partial charge on any atom is 0.355 e. The zero-order valence-electron chi connectivity index (χ0n) is 19.8. The molecule has 0 aliphatic carbocycles. The van der Waals surface area contributed by atoms with Gasteiger partial charge in [-0.3, -0.25) is 0 Å². The summed E-state index contributed by atoms with van der Waals surface area (Å²) in [6.45, 7) is 4.07. The standard InChI is InChI=1S/C26H26N4O4S/c1-4-23-22(17-28)24(25(30(23)3)26(31)34-5-2)20-10-6-18(7-11-20)14-15-29-35(32,33)21-12-8-19(16-27)9-13-21/h6-13,29H,4-5,14-15H2,1-3H3.